The highest BCUT2D eigenvalue weighted by Gasteiger charge is 2.39. The number of carbonyl (C=O) groups is 2. The van der Waals surface area contributed by atoms with Crippen LogP contribution in [-0.2, 0) is 15.1 Å². The van der Waals surface area contributed by atoms with Crippen molar-refractivity contribution in [1.82, 2.24) is 0 Å². The van der Waals surface area contributed by atoms with E-state index in [-0.39, 0.29) is 5.56 Å². The molecule has 0 aliphatic rings. The molecule has 7 heteroatoms. The maximum absolute atomic E-state index is 12.1. The van der Waals surface area contributed by atoms with Gasteiger partial charge in [0.15, 0.2) is 0 Å². The lowest BCUT2D eigenvalue weighted by Gasteiger charge is -2.36. The van der Waals surface area contributed by atoms with E-state index in [0.717, 1.165) is 27.3 Å². The van der Waals surface area contributed by atoms with Crippen molar-refractivity contribution >= 4 is 23.5 Å². The summed E-state index contributed by atoms with van der Waals surface area (Å²) in [6.45, 7) is 0.394. The Bertz CT molecular complexity index is 1320. The highest BCUT2D eigenvalue weighted by atomic mass is 32.2. The molecule has 4 aromatic carbocycles. The van der Waals surface area contributed by atoms with E-state index in [9.17, 15) is 14.7 Å². The van der Waals surface area contributed by atoms with E-state index in [0.29, 0.717) is 12.4 Å². The van der Waals surface area contributed by atoms with Gasteiger partial charge in [0.2, 0.25) is 11.9 Å². The maximum atomic E-state index is 12.1. The Morgan fingerprint density at radius 1 is 0.816 bits per heavy atom. The topological polar surface area (TPSA) is 93.1 Å². The molecule has 38 heavy (non-hydrogen) atoms. The van der Waals surface area contributed by atoms with E-state index in [1.54, 1.807) is 31.0 Å². The molecular weight excluding hydrogens is 500 g/mol. The molecule has 1 atom stereocenters. The first-order chi connectivity index (χ1) is 18.5. The minimum Gasteiger partial charge on any atom is -0.496 e. The summed E-state index contributed by atoms with van der Waals surface area (Å²) in [5, 5.41) is 18.4. The monoisotopic (exact) mass is 528 g/mol. The van der Waals surface area contributed by atoms with Crippen molar-refractivity contribution in [3.05, 3.63) is 131 Å². The molecule has 0 heterocycles. The van der Waals surface area contributed by atoms with Crippen molar-refractivity contribution in [2.45, 2.75) is 16.6 Å². The Morgan fingerprint density at radius 3 is 1.92 bits per heavy atom. The van der Waals surface area contributed by atoms with Crippen LogP contribution in [0.25, 0.3) is 0 Å². The van der Waals surface area contributed by atoms with Crippen LogP contribution in [0.1, 0.15) is 27.0 Å². The van der Waals surface area contributed by atoms with Crippen LogP contribution in [0.4, 0.5) is 0 Å². The molecule has 4 rings (SSSR count). The van der Waals surface area contributed by atoms with Gasteiger partial charge in [-0.1, -0.05) is 91.0 Å². The van der Waals surface area contributed by atoms with E-state index < -0.39 is 23.5 Å². The van der Waals surface area contributed by atoms with Gasteiger partial charge < -0.3 is 19.7 Å². The van der Waals surface area contributed by atoms with Crippen LogP contribution in [0, 0.1) is 0 Å². The number of aliphatic carboxylic acids is 1. The molecule has 0 spiro atoms. The number of Topliss-reactive ketones (excluding diaryl/α,β-unsaturated/α-hetero) is 1. The van der Waals surface area contributed by atoms with Crippen molar-refractivity contribution in [3.63, 3.8) is 0 Å². The molecule has 0 aromatic heterocycles. The summed E-state index contributed by atoms with van der Waals surface area (Å²) < 4.78 is 12.6. The van der Waals surface area contributed by atoms with Crippen molar-refractivity contribution in [2.75, 3.05) is 19.5 Å². The third kappa shape index (κ3) is 5.81. The number of para-hydroxylation sites is 1. The Morgan fingerprint density at radius 2 is 1.37 bits per heavy atom. The second-order valence-electron chi connectivity index (χ2n) is 8.44. The van der Waals surface area contributed by atoms with Gasteiger partial charge in [-0.3, -0.25) is 4.79 Å². The first-order valence-corrected chi connectivity index (χ1v) is 13.0. The Labute approximate surface area is 225 Å². The molecule has 0 fully saturated rings. The second-order valence-corrected chi connectivity index (χ2v) is 9.61. The lowest BCUT2D eigenvalue weighted by molar-refractivity contribution is -0.143. The molecule has 0 saturated carbocycles. The molecule has 4 aromatic rings. The zero-order valence-electron chi connectivity index (χ0n) is 20.8. The van der Waals surface area contributed by atoms with Gasteiger partial charge >= 0.3 is 5.97 Å². The summed E-state index contributed by atoms with van der Waals surface area (Å²) >= 11 is 1.55. The van der Waals surface area contributed by atoms with Gasteiger partial charge in [-0.15, -0.1) is 11.8 Å². The number of carboxylic acids is 1. The lowest BCUT2D eigenvalue weighted by Crippen LogP contribution is -2.34. The minimum atomic E-state index is -2.07. The molecule has 194 valence electrons. The van der Waals surface area contributed by atoms with Gasteiger partial charge in [-0.05, 0) is 29.3 Å². The number of aliphatic hydroxyl groups is 1. The van der Waals surface area contributed by atoms with Crippen LogP contribution in [0.15, 0.2) is 114 Å². The van der Waals surface area contributed by atoms with Gasteiger partial charge in [0.25, 0.3) is 0 Å². The number of hydrogen-bond donors (Lipinski definition) is 2. The molecule has 0 saturated heterocycles. The van der Waals surface area contributed by atoms with Crippen LogP contribution in [0.5, 0.6) is 5.75 Å². The summed E-state index contributed by atoms with van der Waals surface area (Å²) in [5.74, 6) is -1.08. The van der Waals surface area contributed by atoms with Crippen LogP contribution in [0.3, 0.4) is 0 Å². The number of rotatable bonds is 12. The highest BCUT2D eigenvalue weighted by molar-refractivity contribution is 7.99. The normalized spacial score (nSPS) is 12.1. The zero-order chi connectivity index (χ0) is 27.0. The molecule has 6 nitrogen and oxygen atoms in total. The smallest absolute Gasteiger partial charge is 0.340 e. The lowest BCUT2D eigenvalue weighted by atomic mass is 9.79. The van der Waals surface area contributed by atoms with Gasteiger partial charge in [-0.25, -0.2) is 4.79 Å². The number of aliphatic hydroxyl groups excluding tert-OH is 1. The number of benzene rings is 4. The van der Waals surface area contributed by atoms with Crippen LogP contribution < -0.4 is 4.74 Å². The van der Waals surface area contributed by atoms with E-state index in [2.05, 4.69) is 0 Å². The number of carbonyl (C=O) groups excluding carboxylic acids is 1. The average molecular weight is 529 g/mol. The third-order valence-electron chi connectivity index (χ3n) is 6.14. The fourth-order valence-corrected chi connectivity index (χ4v) is 5.07. The standard InChI is InChI=1S/C31H28O6S/c1-36-27-15-9-8-14-26(27)31(23-10-4-2-5-11-23,24-12-6-3-7-13-24)37-20-21-38-25-18-16-22(17-19-25)28(32)29(33)30(34)35/h2-19,29,33H,20-21H2,1H3,(H,34,35). The largest absolute Gasteiger partial charge is 0.496 e. The third-order valence-corrected chi connectivity index (χ3v) is 7.11. The van der Waals surface area contributed by atoms with Gasteiger partial charge in [-0.2, -0.15) is 0 Å². The predicted octanol–water partition coefficient (Wildman–Crippen LogP) is 5.42. The molecular formula is C31H28O6S. The summed E-state index contributed by atoms with van der Waals surface area (Å²) in [6.07, 6.45) is -2.07. The summed E-state index contributed by atoms with van der Waals surface area (Å²) in [6, 6.07) is 34.5. The molecule has 0 aliphatic heterocycles. The molecule has 1 unspecified atom stereocenters. The van der Waals surface area contributed by atoms with Gasteiger partial charge in [0, 0.05) is 21.8 Å². The summed E-state index contributed by atoms with van der Waals surface area (Å²) in [7, 11) is 1.65. The Kier molecular flexibility index (Phi) is 8.97. The van der Waals surface area contributed by atoms with Gasteiger partial charge in [0.1, 0.15) is 11.4 Å². The van der Waals surface area contributed by atoms with Crippen molar-refractivity contribution in [3.8, 4) is 5.75 Å². The SMILES string of the molecule is COc1ccccc1C(OCCSc1ccc(C(=O)C(O)C(=O)O)cc1)(c1ccccc1)c1ccccc1. The second kappa shape index (κ2) is 12.6. The van der Waals surface area contributed by atoms with E-state index in [1.165, 1.54) is 12.1 Å². The average Bonchev–Trinajstić information content (AvgIpc) is 2.98. The molecule has 0 bridgehead atoms. The number of ether oxygens (including phenoxy) is 2. The van der Waals surface area contributed by atoms with Crippen molar-refractivity contribution < 1.29 is 29.3 Å². The number of thioether (sulfide) groups is 1. The number of hydrogen-bond acceptors (Lipinski definition) is 6. The first kappa shape index (κ1) is 27.1. The number of carboxylic acid groups (broad SMARTS) is 1. The summed E-state index contributed by atoms with van der Waals surface area (Å²) in [5.41, 5.74) is 2.06. The molecule has 0 radical (unpaired) electrons. The molecule has 2 N–H and O–H groups in total. The Hall–Kier alpha value is -3.91. The van der Waals surface area contributed by atoms with Crippen LogP contribution in [0.2, 0.25) is 0 Å². The maximum Gasteiger partial charge on any atom is 0.340 e. The summed E-state index contributed by atoms with van der Waals surface area (Å²) in [4.78, 5) is 23.8. The van der Waals surface area contributed by atoms with E-state index >= 15 is 0 Å². The van der Waals surface area contributed by atoms with Crippen LogP contribution in [-0.4, -0.2) is 47.5 Å². The fraction of sp³-hybridized carbons (Fsp3) is 0.161. The van der Waals surface area contributed by atoms with Crippen molar-refractivity contribution in [1.29, 1.82) is 0 Å². The predicted molar refractivity (Wildman–Crippen MR) is 147 cm³/mol. The number of methoxy groups -OCH3 is 1. The van der Waals surface area contributed by atoms with E-state index in [1.807, 2.05) is 84.9 Å². The fourth-order valence-electron chi connectivity index (χ4n) is 4.34. The quantitative estimate of drug-likeness (QED) is 0.0833. The molecule has 0 aliphatic carbocycles. The highest BCUT2D eigenvalue weighted by Crippen LogP contribution is 2.44. The number of ketones is 1. The van der Waals surface area contributed by atoms with Gasteiger partial charge in [0.05, 0.1) is 13.7 Å². The van der Waals surface area contributed by atoms with Crippen molar-refractivity contribution in [2.24, 2.45) is 0 Å². The Balaban J connectivity index is 1.59. The van der Waals surface area contributed by atoms with E-state index in [4.69, 9.17) is 14.6 Å². The molecule has 0 amide bonds. The minimum absolute atomic E-state index is 0.142. The first-order valence-electron chi connectivity index (χ1n) is 12.0. The zero-order valence-corrected chi connectivity index (χ0v) is 21.6. The van der Waals surface area contributed by atoms with Crippen LogP contribution >= 0.6 is 11.8 Å².